The van der Waals surface area contributed by atoms with Crippen LogP contribution in [0.1, 0.15) is 23.4 Å². The molecule has 10 nitrogen and oxygen atoms in total. The van der Waals surface area contributed by atoms with E-state index in [2.05, 4.69) is 31.3 Å². The Balaban J connectivity index is 1.46. The number of aromatic nitrogens is 3. The Kier molecular flexibility index (Phi) is 8.17. The first-order chi connectivity index (χ1) is 16.5. The van der Waals surface area contributed by atoms with Crippen molar-refractivity contribution in [1.82, 2.24) is 36.1 Å². The third kappa shape index (κ3) is 7.34. The molecule has 2 aromatic rings. The third-order valence-electron chi connectivity index (χ3n) is 4.96. The number of rotatable bonds is 9. The number of nitrogens with one attached hydrogen (secondary N) is 3. The summed E-state index contributed by atoms with van der Waals surface area (Å²) >= 11 is 0. The fraction of sp³-hybridized carbons (Fsp3) is 0.381. The van der Waals surface area contributed by atoms with E-state index in [4.69, 9.17) is 0 Å². The monoisotopic (exact) mass is 496 g/mol. The standard InChI is InChI=1S/C21H24F4N8O2/c1-26-20(35)17-12-33(31-32(17)2)11-14(22)3-4-15-5-6-18(30-29-15)28-19(34)10-16-9-13(7-8-27-16)21(23,24)25/h5-9,12,14,31H,3-4,10-11H2,1-2H3,(H,26,35)(H,28,30,34). The Bertz CT molecular complexity index is 1080. The molecule has 3 heterocycles. The third-order valence-corrected chi connectivity index (χ3v) is 4.96. The molecule has 0 bridgehead atoms. The maximum absolute atomic E-state index is 14.4. The summed E-state index contributed by atoms with van der Waals surface area (Å²) in [4.78, 5) is 27.6. The molecule has 0 aliphatic carbocycles. The van der Waals surface area contributed by atoms with Crippen molar-refractivity contribution in [3.63, 3.8) is 0 Å². The van der Waals surface area contributed by atoms with Gasteiger partial charge in [-0.25, -0.2) is 4.39 Å². The number of hydrogen-bond acceptors (Lipinski definition) is 8. The van der Waals surface area contributed by atoms with E-state index >= 15 is 0 Å². The second kappa shape index (κ2) is 11.1. The molecule has 188 valence electrons. The number of likely N-dealkylation sites (N-methyl/N-ethyl adjacent to an activating group) is 2. The number of aryl methyl sites for hydroxylation is 1. The summed E-state index contributed by atoms with van der Waals surface area (Å²) in [5, 5.41) is 15.7. The van der Waals surface area contributed by atoms with Crippen LogP contribution in [0.2, 0.25) is 0 Å². The van der Waals surface area contributed by atoms with E-state index < -0.39 is 23.8 Å². The molecule has 0 saturated heterocycles. The average molecular weight is 496 g/mol. The summed E-state index contributed by atoms with van der Waals surface area (Å²) in [6.07, 6.45) is -3.19. The van der Waals surface area contributed by atoms with Crippen molar-refractivity contribution in [2.45, 2.75) is 31.6 Å². The Labute approximate surface area is 198 Å². The Hall–Kier alpha value is -3.81. The number of pyridine rings is 1. The molecule has 3 N–H and O–H groups in total. The van der Waals surface area contributed by atoms with Gasteiger partial charge >= 0.3 is 6.18 Å². The zero-order valence-corrected chi connectivity index (χ0v) is 18.9. The van der Waals surface area contributed by atoms with Crippen LogP contribution in [0.4, 0.5) is 23.4 Å². The van der Waals surface area contributed by atoms with Gasteiger partial charge in [-0.3, -0.25) is 24.6 Å². The molecule has 1 unspecified atom stereocenters. The summed E-state index contributed by atoms with van der Waals surface area (Å²) < 4.78 is 52.8. The van der Waals surface area contributed by atoms with Crippen molar-refractivity contribution in [3.05, 3.63) is 59.3 Å². The highest BCUT2D eigenvalue weighted by Gasteiger charge is 2.30. The number of hydrogen-bond donors (Lipinski definition) is 3. The minimum atomic E-state index is -4.53. The minimum Gasteiger partial charge on any atom is -0.354 e. The van der Waals surface area contributed by atoms with Crippen molar-refractivity contribution >= 4 is 17.6 Å². The molecule has 14 heteroatoms. The number of nitrogens with zero attached hydrogens (tertiary/aromatic N) is 5. The molecule has 0 saturated carbocycles. The molecule has 0 radical (unpaired) electrons. The number of anilines is 1. The Morgan fingerprint density at radius 3 is 2.60 bits per heavy atom. The van der Waals surface area contributed by atoms with Gasteiger partial charge in [0.2, 0.25) is 5.91 Å². The van der Waals surface area contributed by atoms with Crippen LogP contribution in [-0.2, 0) is 28.6 Å². The second-order valence-corrected chi connectivity index (χ2v) is 7.71. The zero-order valence-electron chi connectivity index (χ0n) is 18.9. The number of carbonyl (C=O) groups excluding carboxylic acids is 2. The van der Waals surface area contributed by atoms with Gasteiger partial charge in [0.25, 0.3) is 5.91 Å². The summed E-state index contributed by atoms with van der Waals surface area (Å²) in [5.41, 5.74) is 2.78. The highest BCUT2D eigenvalue weighted by molar-refractivity contribution is 5.92. The highest BCUT2D eigenvalue weighted by atomic mass is 19.4. The number of amides is 2. The minimum absolute atomic E-state index is 0.00990. The van der Waals surface area contributed by atoms with Gasteiger partial charge in [0, 0.05) is 26.5 Å². The SMILES string of the molecule is CNC(=O)C1=CN(CC(F)CCc2ccc(NC(=O)Cc3cc(C(F)(F)F)ccn3)nn2)NN1C. The largest absolute Gasteiger partial charge is 0.416 e. The fourth-order valence-electron chi connectivity index (χ4n) is 3.21. The predicted molar refractivity (Wildman–Crippen MR) is 117 cm³/mol. The summed E-state index contributed by atoms with van der Waals surface area (Å²) in [6, 6.07) is 4.69. The number of alkyl halides is 4. The maximum Gasteiger partial charge on any atom is 0.416 e. The number of carbonyl (C=O) groups is 2. The van der Waals surface area contributed by atoms with Crippen molar-refractivity contribution in [2.24, 2.45) is 0 Å². The molecular formula is C21H24F4N8O2. The lowest BCUT2D eigenvalue weighted by atomic mass is 10.1. The van der Waals surface area contributed by atoms with Gasteiger partial charge in [-0.05, 0) is 37.1 Å². The van der Waals surface area contributed by atoms with E-state index in [0.717, 1.165) is 18.3 Å². The smallest absolute Gasteiger partial charge is 0.354 e. The maximum atomic E-state index is 14.4. The van der Waals surface area contributed by atoms with Crippen LogP contribution in [0.15, 0.2) is 42.4 Å². The zero-order chi connectivity index (χ0) is 25.6. The fourth-order valence-corrected chi connectivity index (χ4v) is 3.21. The van der Waals surface area contributed by atoms with Crippen LogP contribution < -0.4 is 16.2 Å². The van der Waals surface area contributed by atoms with Crippen molar-refractivity contribution in [1.29, 1.82) is 0 Å². The average Bonchev–Trinajstić information content (AvgIpc) is 3.17. The van der Waals surface area contributed by atoms with Crippen LogP contribution in [0.3, 0.4) is 0 Å². The van der Waals surface area contributed by atoms with E-state index in [1.54, 1.807) is 13.1 Å². The van der Waals surface area contributed by atoms with E-state index in [1.807, 2.05) is 0 Å². The molecule has 1 aliphatic heterocycles. The van der Waals surface area contributed by atoms with Crippen LogP contribution >= 0.6 is 0 Å². The van der Waals surface area contributed by atoms with Gasteiger partial charge in [-0.1, -0.05) is 0 Å². The lowest BCUT2D eigenvalue weighted by molar-refractivity contribution is -0.137. The molecule has 0 fully saturated rings. The highest BCUT2D eigenvalue weighted by Crippen LogP contribution is 2.29. The first kappa shape index (κ1) is 25.8. The van der Waals surface area contributed by atoms with Gasteiger partial charge in [0.15, 0.2) is 5.82 Å². The lowest BCUT2D eigenvalue weighted by Gasteiger charge is -2.21. The molecule has 1 aliphatic rings. The van der Waals surface area contributed by atoms with E-state index in [1.165, 1.54) is 29.3 Å². The molecule has 0 aromatic carbocycles. The van der Waals surface area contributed by atoms with Crippen molar-refractivity contribution in [3.8, 4) is 0 Å². The number of hydrazine groups is 2. The quantitative estimate of drug-likeness (QED) is 0.449. The van der Waals surface area contributed by atoms with Gasteiger partial charge in [-0.2, -0.15) is 18.3 Å². The molecule has 2 amide bonds. The molecule has 35 heavy (non-hydrogen) atoms. The summed E-state index contributed by atoms with van der Waals surface area (Å²) in [5.74, 6) is -0.792. The van der Waals surface area contributed by atoms with Gasteiger partial charge < -0.3 is 10.6 Å². The van der Waals surface area contributed by atoms with Crippen molar-refractivity contribution in [2.75, 3.05) is 26.0 Å². The normalized spacial score (nSPS) is 14.5. The van der Waals surface area contributed by atoms with Crippen LogP contribution in [0.25, 0.3) is 0 Å². The molecule has 1 atom stereocenters. The molecule has 3 rings (SSSR count). The van der Waals surface area contributed by atoms with Crippen LogP contribution in [0, 0.1) is 0 Å². The summed E-state index contributed by atoms with van der Waals surface area (Å²) in [7, 11) is 3.14. The van der Waals surface area contributed by atoms with Crippen LogP contribution in [-0.4, -0.2) is 63.8 Å². The van der Waals surface area contributed by atoms with E-state index in [-0.39, 0.29) is 43.2 Å². The Morgan fingerprint density at radius 1 is 1.17 bits per heavy atom. The van der Waals surface area contributed by atoms with Gasteiger partial charge in [0.05, 0.1) is 29.9 Å². The van der Waals surface area contributed by atoms with E-state index in [9.17, 15) is 27.2 Å². The van der Waals surface area contributed by atoms with Gasteiger partial charge in [-0.15, -0.1) is 10.6 Å². The Morgan fingerprint density at radius 2 is 1.94 bits per heavy atom. The molecule has 0 spiro atoms. The predicted octanol–water partition coefficient (Wildman–Crippen LogP) is 1.60. The lowest BCUT2D eigenvalue weighted by Crippen LogP contribution is -2.42. The molecular weight excluding hydrogens is 472 g/mol. The first-order valence-electron chi connectivity index (χ1n) is 10.5. The summed E-state index contributed by atoms with van der Waals surface area (Å²) in [6.45, 7) is 0.00990. The topological polar surface area (TPSA) is 115 Å². The van der Waals surface area contributed by atoms with Gasteiger partial charge in [0.1, 0.15) is 11.9 Å². The van der Waals surface area contributed by atoms with E-state index in [0.29, 0.717) is 11.4 Å². The van der Waals surface area contributed by atoms with Crippen LogP contribution in [0.5, 0.6) is 0 Å². The van der Waals surface area contributed by atoms with Crippen molar-refractivity contribution < 1.29 is 27.2 Å². The first-order valence-corrected chi connectivity index (χ1v) is 10.5. The number of halogens is 4. The molecule has 2 aromatic heterocycles. The second-order valence-electron chi connectivity index (χ2n) is 7.71.